The molecular formula is C14H18ClNO3. The molecular weight excluding hydrogens is 266 g/mol. The van der Waals surface area contributed by atoms with Gasteiger partial charge in [0, 0.05) is 17.1 Å². The number of rotatable bonds is 4. The summed E-state index contributed by atoms with van der Waals surface area (Å²) in [6.45, 7) is 5.84. The van der Waals surface area contributed by atoms with Crippen LogP contribution >= 0.6 is 11.6 Å². The second-order valence-corrected chi connectivity index (χ2v) is 5.63. The average Bonchev–Trinajstić information content (AvgIpc) is 2.25. The van der Waals surface area contributed by atoms with E-state index in [9.17, 15) is 9.59 Å². The van der Waals surface area contributed by atoms with E-state index in [1.165, 1.54) is 0 Å². The van der Waals surface area contributed by atoms with Gasteiger partial charge >= 0.3 is 6.09 Å². The Hall–Kier alpha value is -1.55. The first-order valence-electron chi connectivity index (χ1n) is 6.01. The van der Waals surface area contributed by atoms with Crippen molar-refractivity contribution in [1.82, 2.24) is 5.32 Å². The number of carbonyl (C=O) groups is 2. The van der Waals surface area contributed by atoms with Crippen molar-refractivity contribution >= 4 is 24.0 Å². The fourth-order valence-corrected chi connectivity index (χ4v) is 1.78. The van der Waals surface area contributed by atoms with Crippen LogP contribution in [0.25, 0.3) is 0 Å². The summed E-state index contributed by atoms with van der Waals surface area (Å²) in [7, 11) is 0. The third-order valence-corrected chi connectivity index (χ3v) is 2.42. The Bertz CT molecular complexity index is 466. The molecule has 4 nitrogen and oxygen atoms in total. The number of nitrogens with one attached hydrogen (secondary N) is 1. The molecule has 0 aliphatic rings. The summed E-state index contributed by atoms with van der Waals surface area (Å²) in [6.07, 6.45) is 0.877. The van der Waals surface area contributed by atoms with Crippen LogP contribution in [0.2, 0.25) is 5.02 Å². The first-order chi connectivity index (χ1) is 8.80. The second-order valence-electron chi connectivity index (χ2n) is 5.19. The van der Waals surface area contributed by atoms with E-state index in [0.29, 0.717) is 23.6 Å². The van der Waals surface area contributed by atoms with Gasteiger partial charge in [-0.15, -0.1) is 0 Å². The maximum atomic E-state index is 11.4. The van der Waals surface area contributed by atoms with Crippen LogP contribution in [-0.4, -0.2) is 24.5 Å². The predicted octanol–water partition coefficient (Wildman–Crippen LogP) is 3.22. The molecule has 0 bridgehead atoms. The molecule has 104 valence electrons. The van der Waals surface area contributed by atoms with Crippen molar-refractivity contribution in [1.29, 1.82) is 0 Å². The van der Waals surface area contributed by atoms with Crippen LogP contribution in [0.15, 0.2) is 18.2 Å². The molecule has 0 atom stereocenters. The highest BCUT2D eigenvalue weighted by atomic mass is 35.5. The molecule has 0 saturated heterocycles. The Morgan fingerprint density at radius 2 is 2.05 bits per heavy atom. The fourth-order valence-electron chi connectivity index (χ4n) is 1.51. The van der Waals surface area contributed by atoms with E-state index in [4.69, 9.17) is 16.3 Å². The summed E-state index contributed by atoms with van der Waals surface area (Å²) in [5.74, 6) is 0. The van der Waals surface area contributed by atoms with Gasteiger partial charge in [-0.05, 0) is 51.0 Å². The predicted molar refractivity (Wildman–Crippen MR) is 74.8 cm³/mol. The second kappa shape index (κ2) is 6.57. The van der Waals surface area contributed by atoms with Crippen molar-refractivity contribution < 1.29 is 14.3 Å². The van der Waals surface area contributed by atoms with Gasteiger partial charge in [0.25, 0.3) is 0 Å². The first-order valence-corrected chi connectivity index (χ1v) is 6.39. The van der Waals surface area contributed by atoms with Gasteiger partial charge in [0.05, 0.1) is 0 Å². The van der Waals surface area contributed by atoms with E-state index >= 15 is 0 Å². The zero-order chi connectivity index (χ0) is 14.5. The lowest BCUT2D eigenvalue weighted by molar-refractivity contribution is 0.0528. The molecule has 19 heavy (non-hydrogen) atoms. The molecule has 5 heteroatoms. The molecule has 0 aliphatic carbocycles. The number of hydrogen-bond donors (Lipinski definition) is 1. The summed E-state index contributed by atoms with van der Waals surface area (Å²) in [5, 5.41) is 3.16. The van der Waals surface area contributed by atoms with Crippen molar-refractivity contribution in [3.8, 4) is 0 Å². The van der Waals surface area contributed by atoms with Crippen LogP contribution in [0.5, 0.6) is 0 Å². The van der Waals surface area contributed by atoms with Gasteiger partial charge in [-0.1, -0.05) is 11.6 Å². The Labute approximate surface area is 118 Å². The van der Waals surface area contributed by atoms with Gasteiger partial charge in [0.1, 0.15) is 11.9 Å². The van der Waals surface area contributed by atoms with Crippen molar-refractivity contribution in [3.05, 3.63) is 34.3 Å². The minimum atomic E-state index is -0.509. The Kier molecular flexibility index (Phi) is 5.36. The van der Waals surface area contributed by atoms with Crippen LogP contribution in [0.3, 0.4) is 0 Å². The highest BCUT2D eigenvalue weighted by molar-refractivity contribution is 6.30. The lowest BCUT2D eigenvalue weighted by Gasteiger charge is -2.19. The summed E-state index contributed by atoms with van der Waals surface area (Å²) >= 11 is 5.89. The number of benzene rings is 1. The van der Waals surface area contributed by atoms with E-state index in [2.05, 4.69) is 5.32 Å². The zero-order valence-electron chi connectivity index (χ0n) is 11.3. The highest BCUT2D eigenvalue weighted by Crippen LogP contribution is 2.14. The summed E-state index contributed by atoms with van der Waals surface area (Å²) in [5.41, 5.74) is 0.913. The molecule has 1 aromatic rings. The quantitative estimate of drug-likeness (QED) is 0.863. The third-order valence-electron chi connectivity index (χ3n) is 2.20. The topological polar surface area (TPSA) is 55.4 Å². The minimum Gasteiger partial charge on any atom is -0.444 e. The van der Waals surface area contributed by atoms with E-state index in [0.717, 1.165) is 11.8 Å². The van der Waals surface area contributed by atoms with E-state index in [1.807, 2.05) is 0 Å². The molecule has 0 radical (unpaired) electrons. The average molecular weight is 284 g/mol. The molecule has 1 aromatic carbocycles. The van der Waals surface area contributed by atoms with Crippen LogP contribution in [-0.2, 0) is 11.2 Å². The van der Waals surface area contributed by atoms with Gasteiger partial charge in [-0.2, -0.15) is 0 Å². The van der Waals surface area contributed by atoms with Gasteiger partial charge in [0.2, 0.25) is 0 Å². The number of hydrogen-bond acceptors (Lipinski definition) is 3. The molecule has 0 saturated carbocycles. The summed E-state index contributed by atoms with van der Waals surface area (Å²) in [4.78, 5) is 22.1. The molecule has 0 aliphatic heterocycles. The molecule has 1 amide bonds. The SMILES string of the molecule is CC(C)(C)OC(=O)NCCc1cc(Cl)cc(C=O)c1. The lowest BCUT2D eigenvalue weighted by atomic mass is 10.1. The maximum absolute atomic E-state index is 11.4. The van der Waals surface area contributed by atoms with E-state index < -0.39 is 11.7 Å². The number of ether oxygens (including phenoxy) is 1. The largest absolute Gasteiger partial charge is 0.444 e. The van der Waals surface area contributed by atoms with Gasteiger partial charge in [-0.3, -0.25) is 4.79 Å². The van der Waals surface area contributed by atoms with Gasteiger partial charge < -0.3 is 10.1 Å². The summed E-state index contributed by atoms with van der Waals surface area (Å²) in [6, 6.07) is 5.11. The molecule has 0 unspecified atom stereocenters. The summed E-state index contributed by atoms with van der Waals surface area (Å²) < 4.78 is 5.11. The van der Waals surface area contributed by atoms with Crippen LogP contribution in [0, 0.1) is 0 Å². The van der Waals surface area contributed by atoms with Crippen LogP contribution < -0.4 is 5.32 Å². The monoisotopic (exact) mass is 283 g/mol. The normalized spacial score (nSPS) is 10.9. The smallest absolute Gasteiger partial charge is 0.407 e. The van der Waals surface area contributed by atoms with E-state index in [1.54, 1.807) is 39.0 Å². The van der Waals surface area contributed by atoms with Gasteiger partial charge in [0.15, 0.2) is 0 Å². The van der Waals surface area contributed by atoms with Crippen LogP contribution in [0.1, 0.15) is 36.7 Å². The van der Waals surface area contributed by atoms with Crippen molar-refractivity contribution in [2.24, 2.45) is 0 Å². The molecule has 1 rings (SSSR count). The number of aldehydes is 1. The molecule has 1 N–H and O–H groups in total. The Balaban J connectivity index is 2.47. The fraction of sp³-hybridized carbons (Fsp3) is 0.429. The number of carbonyl (C=O) groups excluding carboxylic acids is 2. The van der Waals surface area contributed by atoms with Crippen molar-refractivity contribution in [2.45, 2.75) is 32.8 Å². The molecule has 0 aromatic heterocycles. The lowest BCUT2D eigenvalue weighted by Crippen LogP contribution is -2.33. The maximum Gasteiger partial charge on any atom is 0.407 e. The number of halogens is 1. The van der Waals surface area contributed by atoms with E-state index in [-0.39, 0.29) is 0 Å². The highest BCUT2D eigenvalue weighted by Gasteiger charge is 2.15. The van der Waals surface area contributed by atoms with Crippen molar-refractivity contribution in [2.75, 3.05) is 6.54 Å². The first kappa shape index (κ1) is 15.5. The standard InChI is InChI=1S/C14H18ClNO3/c1-14(2,3)19-13(18)16-5-4-10-6-11(9-17)8-12(15)7-10/h6-9H,4-5H2,1-3H3,(H,16,18). The third kappa shape index (κ3) is 6.25. The molecule has 0 heterocycles. The Morgan fingerprint density at radius 1 is 1.37 bits per heavy atom. The Morgan fingerprint density at radius 3 is 2.63 bits per heavy atom. The molecule has 0 fully saturated rings. The van der Waals surface area contributed by atoms with Crippen molar-refractivity contribution in [3.63, 3.8) is 0 Å². The number of amides is 1. The number of alkyl carbamates (subject to hydrolysis) is 1. The van der Waals surface area contributed by atoms with Gasteiger partial charge in [-0.25, -0.2) is 4.79 Å². The minimum absolute atomic E-state index is 0.424. The zero-order valence-corrected chi connectivity index (χ0v) is 12.1. The van der Waals surface area contributed by atoms with Crippen LogP contribution in [0.4, 0.5) is 4.79 Å². The molecule has 0 spiro atoms.